The van der Waals surface area contributed by atoms with Gasteiger partial charge in [0.2, 0.25) is 0 Å². The van der Waals surface area contributed by atoms with E-state index in [2.05, 4.69) is 4.90 Å². The number of carbonyl (C=O) groups excluding carboxylic acids is 1. The number of carboxylic acids is 1. The van der Waals surface area contributed by atoms with Gasteiger partial charge in [-0.3, -0.25) is 9.80 Å². The number of halogens is 4. The highest BCUT2D eigenvalue weighted by Crippen LogP contribution is 2.40. The number of piperidine rings is 3. The number of carboxylic acid groups (broad SMARTS) is 1. The van der Waals surface area contributed by atoms with Crippen LogP contribution in [0.1, 0.15) is 51.4 Å². The Balaban J connectivity index is 1.44. The normalized spacial score (nSPS) is 18.6. The first kappa shape index (κ1) is 36.2. The number of rotatable bonds is 11. The van der Waals surface area contributed by atoms with Gasteiger partial charge in [-0.15, -0.1) is 0 Å². The fraction of sp³-hybridized carbons (Fsp3) is 0.324. The summed E-state index contributed by atoms with van der Waals surface area (Å²) in [6.07, 6.45) is 2.81. The van der Waals surface area contributed by atoms with E-state index in [-0.39, 0.29) is 40.2 Å². The molecule has 0 spiro atoms. The second kappa shape index (κ2) is 15.3. The van der Waals surface area contributed by atoms with Crippen LogP contribution in [-0.4, -0.2) is 62.0 Å². The van der Waals surface area contributed by atoms with Crippen LogP contribution in [0, 0.1) is 22.8 Å². The molecule has 0 saturated carbocycles. The number of fused-ring (bicyclic) bond motifs is 3. The van der Waals surface area contributed by atoms with E-state index in [1.165, 1.54) is 38.5 Å². The van der Waals surface area contributed by atoms with Gasteiger partial charge in [0.05, 0.1) is 32.0 Å². The third kappa shape index (κ3) is 7.68. The number of methoxy groups -OCH3 is 2. The summed E-state index contributed by atoms with van der Waals surface area (Å²) < 4.78 is 47.3. The van der Waals surface area contributed by atoms with Gasteiger partial charge >= 0.3 is 12.1 Å². The molecule has 4 heterocycles. The van der Waals surface area contributed by atoms with Gasteiger partial charge in [-0.1, -0.05) is 47.5 Å². The van der Waals surface area contributed by atoms with E-state index in [4.69, 9.17) is 37.4 Å². The summed E-state index contributed by atoms with van der Waals surface area (Å²) in [7, 11) is 2.95. The minimum Gasteiger partial charge on any atom is -0.619 e. The summed E-state index contributed by atoms with van der Waals surface area (Å²) in [4.78, 5) is 29.8. The average molecular weight is 743 g/mol. The Morgan fingerprint density at radius 2 is 1.73 bits per heavy atom. The Labute approximate surface area is 303 Å². The lowest BCUT2D eigenvalue weighted by Crippen LogP contribution is -2.53. The van der Waals surface area contributed by atoms with Gasteiger partial charge in [0, 0.05) is 18.0 Å². The van der Waals surface area contributed by atoms with Gasteiger partial charge in [0.1, 0.15) is 16.1 Å². The highest BCUT2D eigenvalue weighted by molar-refractivity contribution is 6.35. The summed E-state index contributed by atoms with van der Waals surface area (Å²) in [6, 6.07) is 13.1. The number of aromatic nitrogens is 1. The topological polar surface area (TPSA) is 115 Å². The van der Waals surface area contributed by atoms with Gasteiger partial charge in [0.15, 0.2) is 35.5 Å². The molecular weight excluding hydrogens is 707 g/mol. The van der Waals surface area contributed by atoms with E-state index in [0.29, 0.717) is 45.0 Å². The van der Waals surface area contributed by atoms with Crippen LogP contribution < -0.4 is 19.1 Å². The predicted octanol–water partition coefficient (Wildman–Crippen LogP) is 7.23. The van der Waals surface area contributed by atoms with Crippen LogP contribution >= 0.6 is 23.2 Å². The van der Waals surface area contributed by atoms with Crippen LogP contribution in [0.15, 0.2) is 67.0 Å². The number of aromatic carboxylic acids is 1. The van der Waals surface area contributed by atoms with Crippen molar-refractivity contribution in [3.63, 3.8) is 0 Å². The predicted molar refractivity (Wildman–Crippen MR) is 186 cm³/mol. The molecule has 0 aliphatic carbocycles. The maximum atomic E-state index is 15.3. The number of ether oxygens (including phenoxy) is 3. The number of anilines is 1. The molecule has 51 heavy (non-hydrogen) atoms. The van der Waals surface area contributed by atoms with Crippen molar-refractivity contribution < 1.29 is 42.4 Å². The summed E-state index contributed by atoms with van der Waals surface area (Å²) in [5.41, 5.74) is 1.28. The molecule has 2 bridgehead atoms. The minimum atomic E-state index is -1.24. The molecule has 268 valence electrons. The molecular formula is C37H35Cl2F2N3O7. The second-order valence-corrected chi connectivity index (χ2v) is 13.4. The van der Waals surface area contributed by atoms with Crippen LogP contribution in [0.25, 0.3) is 0 Å². The maximum absolute atomic E-state index is 15.3. The van der Waals surface area contributed by atoms with E-state index in [1.54, 1.807) is 24.3 Å². The van der Waals surface area contributed by atoms with Crippen molar-refractivity contribution in [1.82, 2.24) is 4.90 Å². The number of hydrogen-bond donors (Lipinski definition) is 1. The molecule has 0 unspecified atom stereocenters. The number of pyridine rings is 1. The lowest BCUT2D eigenvalue weighted by Gasteiger charge is -2.44. The number of nitrogens with zero attached hydrogens (tertiary/aromatic N) is 3. The lowest BCUT2D eigenvalue weighted by molar-refractivity contribution is -0.605. The second-order valence-electron chi connectivity index (χ2n) is 12.6. The van der Waals surface area contributed by atoms with E-state index >= 15 is 4.39 Å². The van der Waals surface area contributed by atoms with Gasteiger partial charge < -0.3 is 24.5 Å². The molecule has 14 heteroatoms. The van der Waals surface area contributed by atoms with Crippen molar-refractivity contribution in [3.8, 4) is 11.5 Å². The third-order valence-electron chi connectivity index (χ3n) is 9.63. The van der Waals surface area contributed by atoms with E-state index < -0.39 is 35.7 Å². The first-order valence-corrected chi connectivity index (χ1v) is 17.0. The molecule has 1 amide bonds. The van der Waals surface area contributed by atoms with Crippen LogP contribution in [0.4, 0.5) is 19.3 Å². The molecule has 3 aliphatic heterocycles. The summed E-state index contributed by atoms with van der Waals surface area (Å²) in [6.45, 7) is 2.10. The van der Waals surface area contributed by atoms with Crippen molar-refractivity contribution in [1.29, 1.82) is 0 Å². The zero-order chi connectivity index (χ0) is 36.4. The van der Waals surface area contributed by atoms with Gasteiger partial charge in [0.25, 0.3) is 0 Å². The Kier molecular flexibility index (Phi) is 10.8. The third-order valence-corrected chi connectivity index (χ3v) is 10.3. The smallest absolute Gasteiger partial charge is 0.415 e. The monoisotopic (exact) mass is 741 g/mol. The van der Waals surface area contributed by atoms with Gasteiger partial charge in [-0.2, -0.15) is 4.73 Å². The number of benzene rings is 3. The van der Waals surface area contributed by atoms with Crippen molar-refractivity contribution >= 4 is 41.0 Å². The van der Waals surface area contributed by atoms with E-state index in [9.17, 15) is 24.3 Å². The number of carbonyl (C=O) groups is 2. The number of hydrogen-bond acceptors (Lipinski definition) is 7. The minimum absolute atomic E-state index is 0.0432. The standard InChI is InChI=1S/C37H35Cl2F2N3O7/c1-49-32-9-7-23(15-33(32)50-2)25(16-27-28(38)18-43(48)19-29(27)39)26-14-21(6-8-24(26)36(45)46)17-44(31-5-3-4-30(40)35(31)41)37(47)51-34-20-42-12-10-22(34)11-13-42/h3-9,14-15,18-19,22,25,34H,10-13,16-17,20H2,1-2H3,(H,45,46)/t25-,34-/m0/s1. The first-order chi connectivity index (χ1) is 24.5. The fourth-order valence-corrected chi connectivity index (χ4v) is 7.57. The highest BCUT2D eigenvalue weighted by atomic mass is 35.5. The molecule has 1 aromatic heterocycles. The van der Waals surface area contributed by atoms with Crippen LogP contribution in [0.3, 0.4) is 0 Å². The molecule has 2 atom stereocenters. The molecule has 7 rings (SSSR count). The van der Waals surface area contributed by atoms with E-state index in [0.717, 1.165) is 49.3 Å². The van der Waals surface area contributed by atoms with E-state index in [1.807, 2.05) is 0 Å². The Morgan fingerprint density at radius 1 is 1.02 bits per heavy atom. The summed E-state index contributed by atoms with van der Waals surface area (Å²) in [5.74, 6) is -3.39. The molecule has 10 nitrogen and oxygen atoms in total. The van der Waals surface area contributed by atoms with Crippen molar-refractivity contribution in [3.05, 3.63) is 122 Å². The van der Waals surface area contributed by atoms with Gasteiger partial charge in [-0.25, -0.2) is 18.4 Å². The zero-order valence-corrected chi connectivity index (χ0v) is 29.3. The molecule has 3 aromatic carbocycles. The Hall–Kier alpha value is -4.65. The Bertz CT molecular complexity index is 1930. The molecule has 3 fully saturated rings. The van der Waals surface area contributed by atoms with Gasteiger partial charge in [-0.05, 0) is 85.3 Å². The highest BCUT2D eigenvalue weighted by Gasteiger charge is 2.38. The summed E-state index contributed by atoms with van der Waals surface area (Å²) in [5, 5.41) is 22.6. The fourth-order valence-electron chi connectivity index (χ4n) is 6.97. The van der Waals surface area contributed by atoms with Crippen molar-refractivity contribution in [2.24, 2.45) is 5.92 Å². The first-order valence-electron chi connectivity index (χ1n) is 16.3. The maximum Gasteiger partial charge on any atom is 0.415 e. The van der Waals surface area contributed by atoms with Crippen LogP contribution in [-0.2, 0) is 17.7 Å². The lowest BCUT2D eigenvalue weighted by atomic mass is 9.82. The van der Waals surface area contributed by atoms with Crippen LogP contribution in [0.2, 0.25) is 10.0 Å². The van der Waals surface area contributed by atoms with Crippen molar-refractivity contribution in [2.75, 3.05) is 38.8 Å². The van der Waals surface area contributed by atoms with Crippen molar-refractivity contribution in [2.45, 2.75) is 37.8 Å². The Morgan fingerprint density at radius 3 is 2.35 bits per heavy atom. The average Bonchev–Trinajstić information content (AvgIpc) is 3.11. The quantitative estimate of drug-likeness (QED) is 0.127. The molecule has 1 N–H and O–H groups in total. The molecule has 4 aromatic rings. The molecule has 3 saturated heterocycles. The summed E-state index contributed by atoms with van der Waals surface area (Å²) >= 11 is 13.0. The SMILES string of the molecule is COc1ccc([C@H](Cc2c(Cl)c[n+]([O-])cc2Cl)c2cc(CN(C(=O)O[C@H]3CN4CCC3CC4)c3cccc(F)c3F)ccc2C(=O)O)cc1OC. The number of amides is 1. The zero-order valence-electron chi connectivity index (χ0n) is 27.8. The molecule has 3 aliphatic rings. The largest absolute Gasteiger partial charge is 0.619 e. The van der Waals surface area contributed by atoms with Crippen LogP contribution in [0.5, 0.6) is 11.5 Å². The molecule has 0 radical (unpaired) electrons.